The molecule has 5 heteroatoms. The van der Waals surface area contributed by atoms with Gasteiger partial charge < -0.3 is 21.0 Å². The molecule has 0 aliphatic rings. The molecule has 0 aromatic rings. The van der Waals surface area contributed by atoms with Gasteiger partial charge in [0.1, 0.15) is 0 Å². The molecule has 0 aromatic carbocycles. The molecule has 4 N–H and O–H groups in total. The van der Waals surface area contributed by atoms with Gasteiger partial charge in [0, 0.05) is 20.3 Å². The van der Waals surface area contributed by atoms with E-state index in [0.29, 0.717) is 12.5 Å². The molecule has 0 aliphatic heterocycles. The van der Waals surface area contributed by atoms with Gasteiger partial charge in [-0.15, -0.1) is 0 Å². The van der Waals surface area contributed by atoms with E-state index < -0.39 is 0 Å². The quantitative estimate of drug-likeness (QED) is 0.242. The van der Waals surface area contributed by atoms with Crippen molar-refractivity contribution in [2.75, 3.05) is 20.3 Å². The first-order chi connectivity index (χ1) is 6.65. The smallest absolute Gasteiger partial charge is 0.156 e. The number of nitrogens with zero attached hydrogens (tertiary/aromatic N) is 1. The van der Waals surface area contributed by atoms with Gasteiger partial charge in [-0.25, -0.2) is 0 Å². The van der Waals surface area contributed by atoms with Gasteiger partial charge in [-0.2, -0.15) is 0 Å². The zero-order chi connectivity index (χ0) is 11.0. The van der Waals surface area contributed by atoms with Gasteiger partial charge >= 0.3 is 0 Å². The highest BCUT2D eigenvalue weighted by atomic mass is 16.5. The van der Waals surface area contributed by atoms with E-state index in [-0.39, 0.29) is 11.9 Å². The zero-order valence-electron chi connectivity index (χ0n) is 9.16. The van der Waals surface area contributed by atoms with Crippen LogP contribution >= 0.6 is 0 Å². The lowest BCUT2D eigenvalue weighted by Gasteiger charge is -2.18. The number of rotatable bonds is 7. The summed E-state index contributed by atoms with van der Waals surface area (Å²) in [6.07, 6.45) is 0.801. The Morgan fingerprint density at radius 3 is 2.71 bits per heavy atom. The highest BCUT2D eigenvalue weighted by Crippen LogP contribution is 1.96. The van der Waals surface area contributed by atoms with E-state index in [4.69, 9.17) is 15.7 Å². The SMILES string of the molecule is CCC(NCC(C)COC)C(N)=NO. The lowest BCUT2D eigenvalue weighted by molar-refractivity contribution is 0.158. The molecule has 0 rings (SSSR count). The fraction of sp³-hybridized carbons (Fsp3) is 0.889. The van der Waals surface area contributed by atoms with Gasteiger partial charge in [0.25, 0.3) is 0 Å². The number of amidine groups is 1. The molecule has 0 heterocycles. The molecule has 0 amide bonds. The first kappa shape index (κ1) is 13.2. The second-order valence-electron chi connectivity index (χ2n) is 3.45. The molecule has 0 aromatic heterocycles. The van der Waals surface area contributed by atoms with Crippen molar-refractivity contribution in [1.29, 1.82) is 0 Å². The van der Waals surface area contributed by atoms with E-state index in [9.17, 15) is 0 Å². The highest BCUT2D eigenvalue weighted by Gasteiger charge is 2.11. The summed E-state index contributed by atoms with van der Waals surface area (Å²) >= 11 is 0. The highest BCUT2D eigenvalue weighted by molar-refractivity contribution is 5.85. The molecule has 0 fully saturated rings. The van der Waals surface area contributed by atoms with Crippen LogP contribution in [0.3, 0.4) is 0 Å². The number of nitrogens with one attached hydrogen (secondary N) is 1. The van der Waals surface area contributed by atoms with Gasteiger partial charge in [-0.05, 0) is 12.3 Å². The predicted molar refractivity (Wildman–Crippen MR) is 56.5 cm³/mol. The van der Waals surface area contributed by atoms with E-state index in [0.717, 1.165) is 13.0 Å². The Balaban J connectivity index is 3.84. The summed E-state index contributed by atoms with van der Waals surface area (Å²) in [7, 11) is 1.68. The zero-order valence-corrected chi connectivity index (χ0v) is 9.16. The Kier molecular flexibility index (Phi) is 7.14. The topological polar surface area (TPSA) is 79.9 Å². The van der Waals surface area contributed by atoms with Crippen LogP contribution < -0.4 is 11.1 Å². The third-order valence-corrected chi connectivity index (χ3v) is 2.04. The second-order valence-corrected chi connectivity index (χ2v) is 3.45. The van der Waals surface area contributed by atoms with Gasteiger partial charge in [-0.3, -0.25) is 0 Å². The third-order valence-electron chi connectivity index (χ3n) is 2.04. The van der Waals surface area contributed by atoms with Gasteiger partial charge in [0.2, 0.25) is 0 Å². The minimum absolute atomic E-state index is 0.0562. The second kappa shape index (κ2) is 7.58. The molecule has 2 atom stereocenters. The lowest BCUT2D eigenvalue weighted by Crippen LogP contribution is -2.43. The predicted octanol–water partition coefficient (Wildman–Crippen LogP) is 0.384. The van der Waals surface area contributed by atoms with Crippen LogP contribution in [0.1, 0.15) is 20.3 Å². The molecule has 0 saturated carbocycles. The Morgan fingerprint density at radius 1 is 1.64 bits per heavy atom. The van der Waals surface area contributed by atoms with Crippen LogP contribution in [0.2, 0.25) is 0 Å². The average molecular weight is 203 g/mol. The largest absolute Gasteiger partial charge is 0.409 e. The Hall–Kier alpha value is -0.810. The molecule has 84 valence electrons. The average Bonchev–Trinajstić information content (AvgIpc) is 2.18. The molecule has 0 bridgehead atoms. The maximum absolute atomic E-state index is 8.50. The molecular formula is C9H21N3O2. The normalized spacial score (nSPS) is 16.6. The van der Waals surface area contributed by atoms with Crippen molar-refractivity contribution >= 4 is 5.84 Å². The van der Waals surface area contributed by atoms with Crippen molar-refractivity contribution < 1.29 is 9.94 Å². The van der Waals surface area contributed by atoms with Crippen LogP contribution in [0.15, 0.2) is 5.16 Å². The van der Waals surface area contributed by atoms with E-state index in [2.05, 4.69) is 17.4 Å². The minimum atomic E-state index is -0.0562. The molecule has 2 unspecified atom stereocenters. The van der Waals surface area contributed by atoms with E-state index in [1.54, 1.807) is 7.11 Å². The van der Waals surface area contributed by atoms with E-state index in [1.165, 1.54) is 0 Å². The number of methoxy groups -OCH3 is 1. The number of ether oxygens (including phenoxy) is 1. The monoisotopic (exact) mass is 203 g/mol. The molecule has 0 spiro atoms. The van der Waals surface area contributed by atoms with Crippen molar-refractivity contribution in [2.24, 2.45) is 16.8 Å². The summed E-state index contributed by atoms with van der Waals surface area (Å²) in [5.41, 5.74) is 5.49. The molecule has 14 heavy (non-hydrogen) atoms. The summed E-state index contributed by atoms with van der Waals surface area (Å²) < 4.78 is 5.01. The summed E-state index contributed by atoms with van der Waals surface area (Å²) in [6.45, 7) is 5.56. The fourth-order valence-corrected chi connectivity index (χ4v) is 1.21. The van der Waals surface area contributed by atoms with Gasteiger partial charge in [0.15, 0.2) is 5.84 Å². The van der Waals surface area contributed by atoms with Crippen molar-refractivity contribution in [3.05, 3.63) is 0 Å². The number of hydrogen-bond acceptors (Lipinski definition) is 4. The maximum atomic E-state index is 8.50. The maximum Gasteiger partial charge on any atom is 0.156 e. The van der Waals surface area contributed by atoms with Crippen LogP contribution in [0.5, 0.6) is 0 Å². The van der Waals surface area contributed by atoms with E-state index in [1.807, 2.05) is 6.92 Å². The molecule has 0 radical (unpaired) electrons. The lowest BCUT2D eigenvalue weighted by atomic mass is 10.1. The number of hydrogen-bond donors (Lipinski definition) is 3. The first-order valence-electron chi connectivity index (χ1n) is 4.85. The first-order valence-corrected chi connectivity index (χ1v) is 4.85. The van der Waals surface area contributed by atoms with E-state index >= 15 is 0 Å². The molecule has 5 nitrogen and oxygen atoms in total. The molecule has 0 saturated heterocycles. The van der Waals surface area contributed by atoms with Crippen LogP contribution in [0.4, 0.5) is 0 Å². The van der Waals surface area contributed by atoms with Crippen LogP contribution in [0, 0.1) is 5.92 Å². The summed E-state index contributed by atoms with van der Waals surface area (Å²) in [4.78, 5) is 0. The molecule has 0 aliphatic carbocycles. The van der Waals surface area contributed by atoms with Crippen LogP contribution in [-0.2, 0) is 4.74 Å². The van der Waals surface area contributed by atoms with Crippen molar-refractivity contribution in [1.82, 2.24) is 5.32 Å². The standard InChI is InChI=1S/C9H21N3O2/c1-4-8(9(10)12-13)11-5-7(2)6-14-3/h7-8,11,13H,4-6H2,1-3H3,(H2,10,12). The fourth-order valence-electron chi connectivity index (χ4n) is 1.21. The summed E-state index contributed by atoms with van der Waals surface area (Å²) in [5.74, 6) is 0.651. The third kappa shape index (κ3) is 5.04. The number of nitrogens with two attached hydrogens (primary N) is 1. The van der Waals surface area contributed by atoms with Crippen molar-refractivity contribution in [2.45, 2.75) is 26.3 Å². The Bertz CT molecular complexity index is 173. The number of oxime groups is 1. The van der Waals surface area contributed by atoms with Crippen molar-refractivity contribution in [3.63, 3.8) is 0 Å². The van der Waals surface area contributed by atoms with Crippen LogP contribution in [-0.4, -0.2) is 37.3 Å². The minimum Gasteiger partial charge on any atom is -0.409 e. The van der Waals surface area contributed by atoms with Crippen LogP contribution in [0.25, 0.3) is 0 Å². The van der Waals surface area contributed by atoms with Gasteiger partial charge in [-0.1, -0.05) is 19.0 Å². The van der Waals surface area contributed by atoms with Crippen molar-refractivity contribution in [3.8, 4) is 0 Å². The summed E-state index contributed by atoms with van der Waals surface area (Å²) in [6, 6.07) is -0.0562. The Morgan fingerprint density at radius 2 is 2.29 bits per heavy atom. The van der Waals surface area contributed by atoms with Gasteiger partial charge in [0.05, 0.1) is 6.04 Å². The summed E-state index contributed by atoms with van der Waals surface area (Å²) in [5, 5.41) is 14.7. The Labute approximate surface area is 85.3 Å². The molecular weight excluding hydrogens is 182 g/mol.